The molecular formula is C17H19NO. The third-order valence-corrected chi connectivity index (χ3v) is 3.35. The summed E-state index contributed by atoms with van der Waals surface area (Å²) in [5.74, 6) is -0.113. The Morgan fingerprint density at radius 1 is 1.05 bits per heavy atom. The highest BCUT2D eigenvalue weighted by atomic mass is 16.1. The molecule has 0 aromatic heterocycles. The fourth-order valence-corrected chi connectivity index (χ4v) is 2.08. The SMILES string of the molecule is CCc1ccccc1NC(=O)C(C)c1ccccc1. The maximum atomic E-state index is 12.3. The van der Waals surface area contributed by atoms with E-state index in [4.69, 9.17) is 0 Å². The molecule has 1 atom stereocenters. The quantitative estimate of drug-likeness (QED) is 0.877. The van der Waals surface area contributed by atoms with Crippen molar-refractivity contribution in [3.63, 3.8) is 0 Å². The van der Waals surface area contributed by atoms with Gasteiger partial charge in [0.1, 0.15) is 0 Å². The van der Waals surface area contributed by atoms with Crippen LogP contribution >= 0.6 is 0 Å². The Morgan fingerprint density at radius 2 is 1.68 bits per heavy atom. The average molecular weight is 253 g/mol. The van der Waals surface area contributed by atoms with E-state index in [2.05, 4.69) is 12.2 Å². The molecule has 0 saturated carbocycles. The normalized spacial score (nSPS) is 11.9. The number of benzene rings is 2. The lowest BCUT2D eigenvalue weighted by Gasteiger charge is -2.14. The minimum absolute atomic E-state index is 0.0344. The highest BCUT2D eigenvalue weighted by Crippen LogP contribution is 2.20. The van der Waals surface area contributed by atoms with Crippen molar-refractivity contribution in [2.75, 3.05) is 5.32 Å². The number of nitrogens with one attached hydrogen (secondary N) is 1. The molecule has 0 aliphatic rings. The van der Waals surface area contributed by atoms with Crippen molar-refractivity contribution < 1.29 is 4.79 Å². The summed E-state index contributed by atoms with van der Waals surface area (Å²) < 4.78 is 0. The Morgan fingerprint density at radius 3 is 2.37 bits per heavy atom. The van der Waals surface area contributed by atoms with E-state index >= 15 is 0 Å². The van der Waals surface area contributed by atoms with E-state index in [1.165, 1.54) is 0 Å². The van der Waals surface area contributed by atoms with E-state index < -0.39 is 0 Å². The van der Waals surface area contributed by atoms with Crippen LogP contribution in [0.1, 0.15) is 30.9 Å². The molecule has 0 radical (unpaired) electrons. The van der Waals surface area contributed by atoms with Crippen LogP contribution in [0.15, 0.2) is 54.6 Å². The van der Waals surface area contributed by atoms with E-state index in [-0.39, 0.29) is 11.8 Å². The summed E-state index contributed by atoms with van der Waals surface area (Å²) >= 11 is 0. The Labute approximate surface area is 114 Å². The molecule has 19 heavy (non-hydrogen) atoms. The maximum absolute atomic E-state index is 12.3. The van der Waals surface area contributed by atoms with E-state index in [0.29, 0.717) is 0 Å². The summed E-state index contributed by atoms with van der Waals surface area (Å²) in [5, 5.41) is 3.02. The third kappa shape index (κ3) is 3.22. The lowest BCUT2D eigenvalue weighted by Crippen LogP contribution is -2.19. The third-order valence-electron chi connectivity index (χ3n) is 3.35. The number of anilines is 1. The standard InChI is InChI=1S/C17H19NO/c1-3-14-9-7-8-12-16(14)18-17(19)13(2)15-10-5-4-6-11-15/h4-13H,3H2,1-2H3,(H,18,19). The molecule has 0 heterocycles. The molecule has 0 aliphatic heterocycles. The lowest BCUT2D eigenvalue weighted by molar-refractivity contribution is -0.117. The molecule has 2 heteroatoms. The molecule has 2 nitrogen and oxygen atoms in total. The summed E-state index contributed by atoms with van der Waals surface area (Å²) in [6, 6.07) is 17.8. The molecule has 0 spiro atoms. The van der Waals surface area contributed by atoms with E-state index in [9.17, 15) is 4.79 Å². The highest BCUT2D eigenvalue weighted by molar-refractivity contribution is 5.96. The molecule has 98 valence electrons. The summed E-state index contributed by atoms with van der Waals surface area (Å²) in [4.78, 5) is 12.3. The van der Waals surface area contributed by atoms with Gasteiger partial charge in [0.2, 0.25) is 5.91 Å². The Kier molecular flexibility index (Phi) is 4.35. The number of carbonyl (C=O) groups excluding carboxylic acids is 1. The molecule has 1 unspecified atom stereocenters. The fraction of sp³-hybridized carbons (Fsp3) is 0.235. The lowest BCUT2D eigenvalue weighted by atomic mass is 10.00. The van der Waals surface area contributed by atoms with Gasteiger partial charge in [0.15, 0.2) is 0 Å². The summed E-state index contributed by atoms with van der Waals surface area (Å²) in [6.45, 7) is 4.02. The second kappa shape index (κ2) is 6.19. The van der Waals surface area contributed by atoms with Gasteiger partial charge in [-0.2, -0.15) is 0 Å². The summed E-state index contributed by atoms with van der Waals surface area (Å²) in [7, 11) is 0. The topological polar surface area (TPSA) is 29.1 Å². The minimum Gasteiger partial charge on any atom is -0.325 e. The number of hydrogen-bond donors (Lipinski definition) is 1. The average Bonchev–Trinajstić information content (AvgIpc) is 2.48. The molecule has 1 amide bonds. The van der Waals surface area contributed by atoms with Crippen LogP contribution in [0, 0.1) is 0 Å². The van der Waals surface area contributed by atoms with Gasteiger partial charge in [-0.15, -0.1) is 0 Å². The first kappa shape index (κ1) is 13.3. The van der Waals surface area contributed by atoms with Crippen LogP contribution in [0.4, 0.5) is 5.69 Å². The zero-order chi connectivity index (χ0) is 13.7. The van der Waals surface area contributed by atoms with Crippen molar-refractivity contribution in [1.29, 1.82) is 0 Å². The predicted molar refractivity (Wildman–Crippen MR) is 79.3 cm³/mol. The van der Waals surface area contributed by atoms with Crippen LogP contribution in [0.3, 0.4) is 0 Å². The van der Waals surface area contributed by atoms with Gasteiger partial charge >= 0.3 is 0 Å². The van der Waals surface area contributed by atoms with E-state index in [0.717, 1.165) is 23.2 Å². The number of hydrogen-bond acceptors (Lipinski definition) is 1. The van der Waals surface area contributed by atoms with Gasteiger partial charge < -0.3 is 5.32 Å². The van der Waals surface area contributed by atoms with Crippen LogP contribution in [-0.2, 0) is 11.2 Å². The van der Waals surface area contributed by atoms with Gasteiger partial charge in [0, 0.05) is 5.69 Å². The molecule has 1 N–H and O–H groups in total. The van der Waals surface area contributed by atoms with Gasteiger partial charge in [-0.25, -0.2) is 0 Å². The maximum Gasteiger partial charge on any atom is 0.231 e. The van der Waals surface area contributed by atoms with E-state index in [1.54, 1.807) is 0 Å². The van der Waals surface area contributed by atoms with Crippen LogP contribution < -0.4 is 5.32 Å². The van der Waals surface area contributed by atoms with Gasteiger partial charge in [-0.05, 0) is 30.5 Å². The van der Waals surface area contributed by atoms with Gasteiger partial charge in [0.05, 0.1) is 5.92 Å². The predicted octanol–water partition coefficient (Wildman–Crippen LogP) is 3.99. The second-order valence-corrected chi connectivity index (χ2v) is 4.63. The van der Waals surface area contributed by atoms with Crippen molar-refractivity contribution in [2.24, 2.45) is 0 Å². The van der Waals surface area contributed by atoms with Crippen LogP contribution in [0.25, 0.3) is 0 Å². The molecule has 0 saturated heterocycles. The monoisotopic (exact) mass is 253 g/mol. The molecule has 0 bridgehead atoms. The van der Waals surface area contributed by atoms with E-state index in [1.807, 2.05) is 61.5 Å². The molecule has 0 fully saturated rings. The molecule has 2 aromatic carbocycles. The van der Waals surface area contributed by atoms with Crippen LogP contribution in [-0.4, -0.2) is 5.91 Å². The first-order valence-corrected chi connectivity index (χ1v) is 6.66. The number of carbonyl (C=O) groups is 1. The Balaban J connectivity index is 2.13. The second-order valence-electron chi connectivity index (χ2n) is 4.63. The summed E-state index contributed by atoms with van der Waals surface area (Å²) in [6.07, 6.45) is 0.913. The smallest absolute Gasteiger partial charge is 0.231 e. The van der Waals surface area contributed by atoms with Crippen molar-refractivity contribution in [3.05, 3.63) is 65.7 Å². The van der Waals surface area contributed by atoms with Crippen molar-refractivity contribution >= 4 is 11.6 Å². The van der Waals surface area contributed by atoms with Crippen LogP contribution in [0.5, 0.6) is 0 Å². The van der Waals surface area contributed by atoms with Gasteiger partial charge in [-0.1, -0.05) is 55.5 Å². The first-order chi connectivity index (χ1) is 9.22. The fourth-order valence-electron chi connectivity index (χ4n) is 2.08. The minimum atomic E-state index is -0.147. The zero-order valence-electron chi connectivity index (χ0n) is 11.4. The summed E-state index contributed by atoms with van der Waals surface area (Å²) in [5.41, 5.74) is 3.11. The number of rotatable bonds is 4. The van der Waals surface area contributed by atoms with Gasteiger partial charge in [0.25, 0.3) is 0 Å². The number of amides is 1. The Bertz CT molecular complexity index is 548. The zero-order valence-corrected chi connectivity index (χ0v) is 11.4. The highest BCUT2D eigenvalue weighted by Gasteiger charge is 2.15. The van der Waals surface area contributed by atoms with Crippen molar-refractivity contribution in [2.45, 2.75) is 26.2 Å². The molecule has 2 aromatic rings. The Hall–Kier alpha value is -2.09. The largest absolute Gasteiger partial charge is 0.325 e. The number of para-hydroxylation sites is 1. The first-order valence-electron chi connectivity index (χ1n) is 6.66. The molecule has 0 aliphatic carbocycles. The van der Waals surface area contributed by atoms with Crippen LogP contribution in [0.2, 0.25) is 0 Å². The number of aryl methyl sites for hydroxylation is 1. The molecular weight excluding hydrogens is 234 g/mol. The van der Waals surface area contributed by atoms with Crippen molar-refractivity contribution in [3.8, 4) is 0 Å². The molecule has 2 rings (SSSR count). The van der Waals surface area contributed by atoms with Crippen molar-refractivity contribution in [1.82, 2.24) is 0 Å². The van der Waals surface area contributed by atoms with Gasteiger partial charge in [-0.3, -0.25) is 4.79 Å².